The van der Waals surface area contributed by atoms with E-state index in [0.29, 0.717) is 6.42 Å². The molecule has 0 radical (unpaired) electrons. The predicted octanol–water partition coefficient (Wildman–Crippen LogP) is 3.05. The summed E-state index contributed by atoms with van der Waals surface area (Å²) >= 11 is 0. The minimum Gasteiger partial charge on any atom is -0.330 e. The highest BCUT2D eigenvalue weighted by Crippen LogP contribution is 2.29. The second kappa shape index (κ2) is 7.44. The average molecular weight is 274 g/mol. The zero-order chi connectivity index (χ0) is 14.4. The number of fused-ring (bicyclic) bond motifs is 1. The van der Waals surface area contributed by atoms with Crippen molar-refractivity contribution >= 4 is 11.6 Å². The van der Waals surface area contributed by atoms with Crippen molar-refractivity contribution in [3.63, 3.8) is 0 Å². The molecule has 0 spiro atoms. The SMILES string of the molecule is CCCC(=O)N1CCCc2cc(CCCCN)ccc21. The maximum absolute atomic E-state index is 12.2. The van der Waals surface area contributed by atoms with E-state index in [2.05, 4.69) is 25.1 Å². The lowest BCUT2D eigenvalue weighted by Gasteiger charge is -2.30. The summed E-state index contributed by atoms with van der Waals surface area (Å²) in [5, 5.41) is 0. The van der Waals surface area contributed by atoms with Crippen LogP contribution in [0.4, 0.5) is 5.69 Å². The second-order valence-electron chi connectivity index (χ2n) is 5.61. The molecular weight excluding hydrogens is 248 g/mol. The first-order valence-electron chi connectivity index (χ1n) is 7.88. The Bertz CT molecular complexity index is 456. The number of rotatable bonds is 6. The van der Waals surface area contributed by atoms with Crippen molar-refractivity contribution in [1.82, 2.24) is 0 Å². The van der Waals surface area contributed by atoms with Crippen molar-refractivity contribution < 1.29 is 4.79 Å². The van der Waals surface area contributed by atoms with Crippen LogP contribution in [0, 0.1) is 0 Å². The highest BCUT2D eigenvalue weighted by atomic mass is 16.2. The lowest BCUT2D eigenvalue weighted by atomic mass is 9.97. The molecule has 2 rings (SSSR count). The molecule has 3 heteroatoms. The Morgan fingerprint density at radius 1 is 1.35 bits per heavy atom. The smallest absolute Gasteiger partial charge is 0.226 e. The van der Waals surface area contributed by atoms with Crippen LogP contribution in [0.3, 0.4) is 0 Å². The van der Waals surface area contributed by atoms with Gasteiger partial charge in [-0.2, -0.15) is 0 Å². The van der Waals surface area contributed by atoms with Gasteiger partial charge in [0.25, 0.3) is 0 Å². The van der Waals surface area contributed by atoms with Crippen LogP contribution < -0.4 is 10.6 Å². The van der Waals surface area contributed by atoms with Crippen LogP contribution in [0.5, 0.6) is 0 Å². The minimum absolute atomic E-state index is 0.268. The van der Waals surface area contributed by atoms with Crippen molar-refractivity contribution in [2.24, 2.45) is 5.73 Å². The molecule has 0 unspecified atom stereocenters. The Labute approximate surface area is 122 Å². The zero-order valence-electron chi connectivity index (χ0n) is 12.5. The van der Waals surface area contributed by atoms with E-state index in [1.165, 1.54) is 11.1 Å². The van der Waals surface area contributed by atoms with Crippen LogP contribution in [0.15, 0.2) is 18.2 Å². The predicted molar refractivity (Wildman–Crippen MR) is 84.0 cm³/mol. The van der Waals surface area contributed by atoms with Gasteiger partial charge < -0.3 is 10.6 Å². The van der Waals surface area contributed by atoms with Gasteiger partial charge in [-0.15, -0.1) is 0 Å². The van der Waals surface area contributed by atoms with Crippen LogP contribution in [-0.2, 0) is 17.6 Å². The number of hydrogen-bond acceptors (Lipinski definition) is 2. The number of benzene rings is 1. The number of unbranched alkanes of at least 4 members (excludes halogenated alkanes) is 1. The normalized spacial score (nSPS) is 14.2. The summed E-state index contributed by atoms with van der Waals surface area (Å²) in [5.41, 5.74) is 9.39. The van der Waals surface area contributed by atoms with E-state index in [9.17, 15) is 4.79 Å². The summed E-state index contributed by atoms with van der Waals surface area (Å²) in [6, 6.07) is 6.60. The highest BCUT2D eigenvalue weighted by Gasteiger charge is 2.21. The van der Waals surface area contributed by atoms with Gasteiger partial charge in [0.1, 0.15) is 0 Å². The van der Waals surface area contributed by atoms with E-state index in [1.807, 2.05) is 4.90 Å². The molecule has 1 heterocycles. The highest BCUT2D eigenvalue weighted by molar-refractivity contribution is 5.94. The van der Waals surface area contributed by atoms with Gasteiger partial charge in [-0.3, -0.25) is 4.79 Å². The first-order chi connectivity index (χ1) is 9.76. The third-order valence-electron chi connectivity index (χ3n) is 3.95. The largest absolute Gasteiger partial charge is 0.330 e. The number of nitrogens with two attached hydrogens (primary N) is 1. The van der Waals surface area contributed by atoms with E-state index in [4.69, 9.17) is 5.73 Å². The van der Waals surface area contributed by atoms with E-state index in [1.54, 1.807) is 0 Å². The van der Waals surface area contributed by atoms with Gasteiger partial charge in [0.15, 0.2) is 0 Å². The molecule has 0 aromatic heterocycles. The average Bonchev–Trinajstić information content (AvgIpc) is 2.47. The maximum atomic E-state index is 12.2. The number of aryl methyl sites for hydroxylation is 2. The number of carbonyl (C=O) groups excluding carboxylic acids is 1. The van der Waals surface area contributed by atoms with Gasteiger partial charge in [0, 0.05) is 18.7 Å². The van der Waals surface area contributed by atoms with Crippen molar-refractivity contribution in [2.75, 3.05) is 18.0 Å². The molecule has 1 amide bonds. The Morgan fingerprint density at radius 2 is 2.20 bits per heavy atom. The van der Waals surface area contributed by atoms with Gasteiger partial charge in [-0.05, 0) is 62.3 Å². The van der Waals surface area contributed by atoms with E-state index >= 15 is 0 Å². The third-order valence-corrected chi connectivity index (χ3v) is 3.95. The summed E-state index contributed by atoms with van der Waals surface area (Å²) in [7, 11) is 0. The Balaban J connectivity index is 2.11. The fourth-order valence-electron chi connectivity index (χ4n) is 2.89. The maximum Gasteiger partial charge on any atom is 0.226 e. The first kappa shape index (κ1) is 15.0. The lowest BCUT2D eigenvalue weighted by Crippen LogP contribution is -2.35. The summed E-state index contributed by atoms with van der Waals surface area (Å²) in [6.07, 6.45) is 7.06. The van der Waals surface area contributed by atoms with E-state index in [0.717, 1.165) is 57.3 Å². The van der Waals surface area contributed by atoms with E-state index in [-0.39, 0.29) is 5.91 Å². The number of amides is 1. The van der Waals surface area contributed by atoms with Gasteiger partial charge in [0.2, 0.25) is 5.91 Å². The van der Waals surface area contributed by atoms with Gasteiger partial charge in [-0.1, -0.05) is 19.1 Å². The summed E-state index contributed by atoms with van der Waals surface area (Å²) < 4.78 is 0. The molecule has 0 atom stereocenters. The fourth-order valence-corrected chi connectivity index (χ4v) is 2.89. The minimum atomic E-state index is 0.268. The van der Waals surface area contributed by atoms with Crippen LogP contribution in [0.25, 0.3) is 0 Å². The monoisotopic (exact) mass is 274 g/mol. The molecule has 0 bridgehead atoms. The lowest BCUT2D eigenvalue weighted by molar-refractivity contribution is -0.118. The van der Waals surface area contributed by atoms with Gasteiger partial charge in [0.05, 0.1) is 0 Å². The molecule has 0 fully saturated rings. The number of carbonyl (C=O) groups is 1. The molecule has 1 aliphatic rings. The summed E-state index contributed by atoms with van der Waals surface area (Å²) in [4.78, 5) is 14.1. The van der Waals surface area contributed by atoms with Gasteiger partial charge >= 0.3 is 0 Å². The van der Waals surface area contributed by atoms with Crippen molar-refractivity contribution in [3.05, 3.63) is 29.3 Å². The standard InChI is InChI=1S/C17H26N2O/c1-2-6-17(20)19-12-5-8-15-13-14(7-3-4-11-18)9-10-16(15)19/h9-10,13H,2-8,11-12,18H2,1H3. The first-order valence-corrected chi connectivity index (χ1v) is 7.88. The molecule has 20 heavy (non-hydrogen) atoms. The van der Waals surface area contributed by atoms with Crippen molar-refractivity contribution in [3.8, 4) is 0 Å². The summed E-state index contributed by atoms with van der Waals surface area (Å²) in [6.45, 7) is 3.70. The topological polar surface area (TPSA) is 46.3 Å². The molecule has 1 aromatic carbocycles. The fraction of sp³-hybridized carbons (Fsp3) is 0.588. The molecule has 110 valence electrons. The second-order valence-corrected chi connectivity index (χ2v) is 5.61. The zero-order valence-corrected chi connectivity index (χ0v) is 12.5. The summed E-state index contributed by atoms with van der Waals surface area (Å²) in [5.74, 6) is 0.268. The van der Waals surface area contributed by atoms with Crippen LogP contribution in [-0.4, -0.2) is 19.0 Å². The molecule has 0 saturated heterocycles. The van der Waals surface area contributed by atoms with Gasteiger partial charge in [-0.25, -0.2) is 0 Å². The molecule has 0 saturated carbocycles. The van der Waals surface area contributed by atoms with Crippen molar-refractivity contribution in [1.29, 1.82) is 0 Å². The molecular formula is C17H26N2O. The third kappa shape index (κ3) is 3.60. The Morgan fingerprint density at radius 3 is 2.95 bits per heavy atom. The quantitative estimate of drug-likeness (QED) is 0.810. The Hall–Kier alpha value is -1.35. The van der Waals surface area contributed by atoms with Crippen molar-refractivity contribution in [2.45, 2.75) is 51.9 Å². The number of anilines is 1. The van der Waals surface area contributed by atoms with Crippen LogP contribution >= 0.6 is 0 Å². The number of hydrogen-bond donors (Lipinski definition) is 1. The molecule has 3 nitrogen and oxygen atoms in total. The van der Waals surface area contributed by atoms with Crippen LogP contribution in [0.2, 0.25) is 0 Å². The molecule has 1 aliphatic heterocycles. The molecule has 0 aliphatic carbocycles. The molecule has 2 N–H and O–H groups in total. The number of nitrogens with zero attached hydrogens (tertiary/aromatic N) is 1. The Kier molecular flexibility index (Phi) is 5.60. The van der Waals surface area contributed by atoms with E-state index < -0.39 is 0 Å². The molecule has 1 aromatic rings. The van der Waals surface area contributed by atoms with Crippen LogP contribution in [0.1, 0.15) is 50.2 Å².